The first-order valence-electron chi connectivity index (χ1n) is 12.2. The number of nitrogens with zero attached hydrogens (tertiary/aromatic N) is 1. The first-order chi connectivity index (χ1) is 18.2. The minimum absolute atomic E-state index is 0.0288. The van der Waals surface area contributed by atoms with Gasteiger partial charge in [0.15, 0.2) is 5.78 Å². The summed E-state index contributed by atoms with van der Waals surface area (Å²) in [6, 6.07) is 16.1. The SMILES string of the molecule is CC1CCC(C(=O)NCc2cc(C(=N)N)cs2)N1C(=O)CNC(=O)c1ccc(C(=O)c2ccccc2)cc1. The smallest absolute Gasteiger partial charge is 0.251 e. The molecule has 10 heteroatoms. The highest BCUT2D eigenvalue weighted by Crippen LogP contribution is 2.24. The summed E-state index contributed by atoms with van der Waals surface area (Å²) in [5.41, 5.74) is 7.45. The summed E-state index contributed by atoms with van der Waals surface area (Å²) < 4.78 is 0. The fraction of sp³-hybridized carbons (Fsp3) is 0.250. The Morgan fingerprint density at radius 3 is 2.26 bits per heavy atom. The molecule has 2 atom stereocenters. The predicted molar refractivity (Wildman–Crippen MR) is 145 cm³/mol. The van der Waals surface area contributed by atoms with E-state index < -0.39 is 11.9 Å². The number of thiophene rings is 1. The van der Waals surface area contributed by atoms with Crippen molar-refractivity contribution in [2.75, 3.05) is 6.54 Å². The van der Waals surface area contributed by atoms with Crippen LogP contribution in [0.25, 0.3) is 0 Å². The molecule has 3 aromatic rings. The van der Waals surface area contributed by atoms with Crippen LogP contribution in [0.4, 0.5) is 0 Å². The Bertz CT molecular complexity index is 1350. The van der Waals surface area contributed by atoms with E-state index in [1.165, 1.54) is 16.2 Å². The van der Waals surface area contributed by atoms with Gasteiger partial charge in [0, 0.05) is 38.6 Å². The maximum absolute atomic E-state index is 13.0. The van der Waals surface area contributed by atoms with Crippen molar-refractivity contribution in [2.45, 2.75) is 38.4 Å². The van der Waals surface area contributed by atoms with Gasteiger partial charge in [-0.25, -0.2) is 0 Å². The lowest BCUT2D eigenvalue weighted by Crippen LogP contribution is -2.51. The van der Waals surface area contributed by atoms with Crippen LogP contribution in [-0.2, 0) is 16.1 Å². The highest BCUT2D eigenvalue weighted by molar-refractivity contribution is 7.10. The van der Waals surface area contributed by atoms with E-state index in [1.54, 1.807) is 60.0 Å². The number of nitrogens with one attached hydrogen (secondary N) is 3. The second kappa shape index (κ2) is 11.8. The fourth-order valence-electron chi connectivity index (χ4n) is 4.45. The highest BCUT2D eigenvalue weighted by Gasteiger charge is 2.38. The number of carbonyl (C=O) groups is 4. The molecule has 38 heavy (non-hydrogen) atoms. The first kappa shape index (κ1) is 26.7. The van der Waals surface area contributed by atoms with E-state index >= 15 is 0 Å². The lowest BCUT2D eigenvalue weighted by atomic mass is 10.0. The van der Waals surface area contributed by atoms with Gasteiger partial charge >= 0.3 is 0 Å². The number of nitrogens with two attached hydrogens (primary N) is 1. The molecule has 0 aliphatic carbocycles. The lowest BCUT2D eigenvalue weighted by Gasteiger charge is -2.28. The first-order valence-corrected chi connectivity index (χ1v) is 13.1. The molecule has 0 spiro atoms. The molecule has 1 aliphatic rings. The van der Waals surface area contributed by atoms with Gasteiger partial charge in [0.1, 0.15) is 11.9 Å². The van der Waals surface area contributed by atoms with Crippen molar-refractivity contribution in [1.29, 1.82) is 5.41 Å². The summed E-state index contributed by atoms with van der Waals surface area (Å²) in [6.45, 7) is 1.92. The zero-order valence-electron chi connectivity index (χ0n) is 20.9. The molecule has 1 aromatic heterocycles. The van der Waals surface area contributed by atoms with Gasteiger partial charge in [-0.05, 0) is 38.0 Å². The van der Waals surface area contributed by atoms with Gasteiger partial charge in [0.2, 0.25) is 11.8 Å². The van der Waals surface area contributed by atoms with Crippen LogP contribution >= 0.6 is 11.3 Å². The van der Waals surface area contributed by atoms with Crippen molar-refractivity contribution >= 4 is 40.7 Å². The highest BCUT2D eigenvalue weighted by atomic mass is 32.1. The number of hydrogen-bond acceptors (Lipinski definition) is 6. The van der Waals surface area contributed by atoms with E-state index in [0.717, 1.165) is 4.88 Å². The number of amides is 3. The predicted octanol–water partition coefficient (Wildman–Crippen LogP) is 2.69. The third-order valence-electron chi connectivity index (χ3n) is 6.51. The molecule has 2 aromatic carbocycles. The van der Waals surface area contributed by atoms with Gasteiger partial charge < -0.3 is 21.3 Å². The van der Waals surface area contributed by atoms with Crippen LogP contribution in [-0.4, -0.2) is 52.9 Å². The Kier molecular flexibility index (Phi) is 8.32. The van der Waals surface area contributed by atoms with E-state index in [1.807, 2.05) is 13.0 Å². The molecule has 5 N–H and O–H groups in total. The van der Waals surface area contributed by atoms with Crippen molar-refractivity contribution in [3.05, 3.63) is 93.2 Å². The minimum atomic E-state index is -0.620. The van der Waals surface area contributed by atoms with Gasteiger partial charge in [-0.3, -0.25) is 24.6 Å². The van der Waals surface area contributed by atoms with Gasteiger partial charge in [0.25, 0.3) is 5.91 Å². The molecule has 1 fully saturated rings. The third kappa shape index (κ3) is 6.15. The Labute approximate surface area is 224 Å². The Morgan fingerprint density at radius 2 is 1.61 bits per heavy atom. The summed E-state index contributed by atoms with van der Waals surface area (Å²) in [5, 5.41) is 14.7. The van der Waals surface area contributed by atoms with Gasteiger partial charge in [-0.15, -0.1) is 11.3 Å². The number of nitrogen functional groups attached to an aromatic ring is 1. The molecule has 2 unspecified atom stereocenters. The Balaban J connectivity index is 1.31. The monoisotopic (exact) mass is 531 g/mol. The van der Waals surface area contributed by atoms with Crippen molar-refractivity contribution in [3.8, 4) is 0 Å². The number of rotatable bonds is 9. The van der Waals surface area contributed by atoms with Crippen LogP contribution in [0.2, 0.25) is 0 Å². The standard InChI is InChI=1S/C28H29N5O4S/c1-17-7-12-23(28(37)31-14-22-13-21(16-38-22)26(29)30)33(17)24(34)15-32-27(36)20-10-8-19(9-11-20)25(35)18-5-3-2-4-6-18/h2-6,8-11,13,16-17,23H,7,12,14-15H2,1H3,(H3,29,30)(H,31,37)(H,32,36). The molecule has 9 nitrogen and oxygen atoms in total. The molecule has 4 rings (SSSR count). The fourth-order valence-corrected chi connectivity index (χ4v) is 5.27. The van der Waals surface area contributed by atoms with Crippen molar-refractivity contribution in [3.63, 3.8) is 0 Å². The number of benzene rings is 2. The Hall–Kier alpha value is -4.31. The normalized spacial score (nSPS) is 16.6. The number of carbonyl (C=O) groups excluding carboxylic acids is 4. The maximum atomic E-state index is 13.0. The Morgan fingerprint density at radius 1 is 0.947 bits per heavy atom. The largest absolute Gasteiger partial charge is 0.384 e. The van der Waals surface area contributed by atoms with Gasteiger partial charge in [-0.1, -0.05) is 42.5 Å². The van der Waals surface area contributed by atoms with E-state index in [0.29, 0.717) is 35.1 Å². The van der Waals surface area contributed by atoms with Crippen LogP contribution in [0.5, 0.6) is 0 Å². The molecule has 2 heterocycles. The second-order valence-electron chi connectivity index (χ2n) is 9.13. The molecule has 3 amide bonds. The van der Waals surface area contributed by atoms with Crippen molar-refractivity contribution in [1.82, 2.24) is 15.5 Å². The third-order valence-corrected chi connectivity index (χ3v) is 7.44. The molecular weight excluding hydrogens is 502 g/mol. The molecule has 1 aliphatic heterocycles. The van der Waals surface area contributed by atoms with Gasteiger partial charge in [-0.2, -0.15) is 0 Å². The summed E-state index contributed by atoms with van der Waals surface area (Å²) in [5.74, 6) is -1.21. The minimum Gasteiger partial charge on any atom is -0.384 e. The summed E-state index contributed by atoms with van der Waals surface area (Å²) in [6.07, 6.45) is 1.22. The van der Waals surface area contributed by atoms with E-state index in [4.69, 9.17) is 11.1 Å². The number of hydrogen-bond donors (Lipinski definition) is 4. The summed E-state index contributed by atoms with van der Waals surface area (Å²) >= 11 is 1.40. The molecule has 1 saturated heterocycles. The number of ketones is 1. The van der Waals surface area contributed by atoms with Crippen LogP contribution in [0.15, 0.2) is 66.0 Å². The van der Waals surface area contributed by atoms with Crippen molar-refractivity contribution in [2.24, 2.45) is 5.73 Å². The van der Waals surface area contributed by atoms with Gasteiger partial charge in [0.05, 0.1) is 13.1 Å². The van der Waals surface area contributed by atoms with Crippen LogP contribution in [0.1, 0.15) is 56.5 Å². The zero-order chi connectivity index (χ0) is 27.2. The van der Waals surface area contributed by atoms with Crippen molar-refractivity contribution < 1.29 is 19.2 Å². The molecular formula is C28H29N5O4S. The zero-order valence-corrected chi connectivity index (χ0v) is 21.7. The summed E-state index contributed by atoms with van der Waals surface area (Å²) in [7, 11) is 0. The van der Waals surface area contributed by atoms with E-state index in [9.17, 15) is 19.2 Å². The maximum Gasteiger partial charge on any atom is 0.251 e. The average Bonchev–Trinajstić information content (AvgIpc) is 3.57. The van der Waals surface area contributed by atoms with E-state index in [2.05, 4.69) is 10.6 Å². The second-order valence-corrected chi connectivity index (χ2v) is 10.1. The lowest BCUT2D eigenvalue weighted by molar-refractivity contribution is -0.139. The molecule has 0 radical (unpaired) electrons. The quantitative estimate of drug-likeness (QED) is 0.191. The summed E-state index contributed by atoms with van der Waals surface area (Å²) in [4.78, 5) is 53.5. The number of likely N-dealkylation sites (tertiary alicyclic amines) is 1. The molecule has 0 bridgehead atoms. The molecule has 196 valence electrons. The number of amidine groups is 1. The molecule has 0 saturated carbocycles. The average molecular weight is 532 g/mol. The van der Waals surface area contributed by atoms with Crippen LogP contribution in [0, 0.1) is 5.41 Å². The topological polar surface area (TPSA) is 145 Å². The van der Waals surface area contributed by atoms with E-state index in [-0.39, 0.29) is 42.6 Å². The van der Waals surface area contributed by atoms with Crippen LogP contribution < -0.4 is 16.4 Å². The van der Waals surface area contributed by atoms with Crippen LogP contribution in [0.3, 0.4) is 0 Å².